The smallest absolute Gasteiger partial charge is 0.280 e. The molecule has 1 atom stereocenters. The molecule has 1 rings (SSSR count). The maximum atomic E-state index is 11.9. The molecular formula is C11H25N3O+2. The molecule has 88 valence electrons. The molecule has 1 aliphatic rings. The third-order valence-electron chi connectivity index (χ3n) is 2.97. The van der Waals surface area contributed by atoms with Crippen molar-refractivity contribution in [3.63, 3.8) is 0 Å². The van der Waals surface area contributed by atoms with Crippen molar-refractivity contribution in [3.8, 4) is 0 Å². The normalized spacial score (nSPS) is 18.5. The molecule has 0 aliphatic carbocycles. The highest BCUT2D eigenvalue weighted by Crippen LogP contribution is 2.07. The van der Waals surface area contributed by atoms with Gasteiger partial charge < -0.3 is 15.1 Å². The molecule has 0 bridgehead atoms. The van der Waals surface area contributed by atoms with Gasteiger partial charge in [-0.15, -0.1) is 0 Å². The highest BCUT2D eigenvalue weighted by atomic mass is 16.2. The number of likely N-dealkylation sites (tertiary alicyclic amines) is 1. The molecule has 1 heterocycles. The van der Waals surface area contributed by atoms with E-state index < -0.39 is 0 Å². The van der Waals surface area contributed by atoms with E-state index in [-0.39, 0.29) is 6.04 Å². The Kier molecular flexibility index (Phi) is 5.05. The van der Waals surface area contributed by atoms with Gasteiger partial charge in [-0.05, 0) is 19.8 Å². The minimum absolute atomic E-state index is 0.0995. The van der Waals surface area contributed by atoms with E-state index in [2.05, 4.69) is 19.4 Å². The van der Waals surface area contributed by atoms with Crippen LogP contribution >= 0.6 is 0 Å². The second-order valence-electron chi connectivity index (χ2n) is 4.80. The Morgan fingerprint density at radius 3 is 2.53 bits per heavy atom. The molecule has 4 heteroatoms. The van der Waals surface area contributed by atoms with Crippen LogP contribution in [0.2, 0.25) is 0 Å². The zero-order chi connectivity index (χ0) is 11.3. The second kappa shape index (κ2) is 6.08. The molecule has 1 saturated heterocycles. The van der Waals surface area contributed by atoms with Crippen molar-refractivity contribution in [3.05, 3.63) is 0 Å². The van der Waals surface area contributed by atoms with E-state index in [0.717, 1.165) is 26.2 Å². The first-order chi connectivity index (χ1) is 7.11. The summed E-state index contributed by atoms with van der Waals surface area (Å²) in [6.07, 6.45) is 2.36. The Bertz CT molecular complexity index is 200. The number of carbonyl (C=O) groups is 1. The number of nitrogens with one attached hydrogen (secondary N) is 1. The summed E-state index contributed by atoms with van der Waals surface area (Å²) in [5, 5.41) is 2.16. The van der Waals surface area contributed by atoms with Gasteiger partial charge in [-0.1, -0.05) is 0 Å². The number of quaternary nitrogens is 2. The Labute approximate surface area is 92.6 Å². The Morgan fingerprint density at radius 1 is 1.40 bits per heavy atom. The molecular weight excluding hydrogens is 190 g/mol. The maximum Gasteiger partial charge on any atom is 0.280 e. The van der Waals surface area contributed by atoms with Gasteiger partial charge in [-0.3, -0.25) is 4.79 Å². The summed E-state index contributed by atoms with van der Waals surface area (Å²) >= 11 is 0. The number of carbonyl (C=O) groups excluding carboxylic acids is 1. The molecule has 0 saturated carbocycles. The SMILES string of the molecule is C[C@H]([NH2+]CC[NH+](C)C)C(=O)N1CCCC1. The summed E-state index contributed by atoms with van der Waals surface area (Å²) < 4.78 is 0. The van der Waals surface area contributed by atoms with Crippen LogP contribution in [-0.4, -0.2) is 57.1 Å². The van der Waals surface area contributed by atoms with Crippen molar-refractivity contribution in [1.82, 2.24) is 4.90 Å². The van der Waals surface area contributed by atoms with Crippen molar-refractivity contribution in [1.29, 1.82) is 0 Å². The summed E-state index contributed by atoms with van der Waals surface area (Å²) in [7, 11) is 4.28. The lowest BCUT2D eigenvalue weighted by Crippen LogP contribution is -3.10. The van der Waals surface area contributed by atoms with Gasteiger partial charge in [0, 0.05) is 13.1 Å². The molecule has 15 heavy (non-hydrogen) atoms. The Balaban J connectivity index is 2.20. The average Bonchev–Trinajstić information content (AvgIpc) is 2.68. The minimum atomic E-state index is 0.0995. The number of rotatable bonds is 5. The summed E-state index contributed by atoms with van der Waals surface area (Å²) in [5.41, 5.74) is 0. The molecule has 0 radical (unpaired) electrons. The van der Waals surface area contributed by atoms with Crippen LogP contribution in [0.5, 0.6) is 0 Å². The second-order valence-corrected chi connectivity index (χ2v) is 4.80. The van der Waals surface area contributed by atoms with Gasteiger partial charge in [-0.25, -0.2) is 0 Å². The van der Waals surface area contributed by atoms with Gasteiger partial charge in [0.05, 0.1) is 14.1 Å². The summed E-state index contributed by atoms with van der Waals surface area (Å²) in [6.45, 7) is 6.10. The first kappa shape index (κ1) is 12.5. The highest BCUT2D eigenvalue weighted by molar-refractivity contribution is 5.80. The molecule has 0 aromatic carbocycles. The van der Waals surface area contributed by atoms with Crippen molar-refractivity contribution in [2.45, 2.75) is 25.8 Å². The van der Waals surface area contributed by atoms with E-state index in [1.807, 2.05) is 11.8 Å². The van der Waals surface area contributed by atoms with E-state index in [9.17, 15) is 4.79 Å². The number of nitrogens with zero attached hydrogens (tertiary/aromatic N) is 1. The summed E-state index contributed by atoms with van der Waals surface area (Å²) in [4.78, 5) is 15.3. The van der Waals surface area contributed by atoms with Crippen molar-refractivity contribution >= 4 is 5.91 Å². The zero-order valence-corrected chi connectivity index (χ0v) is 10.3. The molecule has 4 nitrogen and oxygen atoms in total. The van der Waals surface area contributed by atoms with Crippen LogP contribution in [-0.2, 0) is 4.79 Å². The molecule has 0 aromatic rings. The Morgan fingerprint density at radius 2 is 2.00 bits per heavy atom. The predicted octanol–water partition coefficient (Wildman–Crippen LogP) is -2.29. The van der Waals surface area contributed by atoms with Gasteiger partial charge >= 0.3 is 0 Å². The number of hydrogen-bond acceptors (Lipinski definition) is 1. The fraction of sp³-hybridized carbons (Fsp3) is 0.909. The first-order valence-electron chi connectivity index (χ1n) is 6.02. The quantitative estimate of drug-likeness (QED) is 0.532. The first-order valence-corrected chi connectivity index (χ1v) is 6.02. The molecule has 1 amide bonds. The van der Waals surface area contributed by atoms with Crippen molar-refractivity contribution < 1.29 is 15.0 Å². The van der Waals surface area contributed by atoms with Gasteiger partial charge in [0.25, 0.3) is 5.91 Å². The molecule has 1 fully saturated rings. The van der Waals surface area contributed by atoms with Crippen molar-refractivity contribution in [2.75, 3.05) is 40.3 Å². The fourth-order valence-corrected chi connectivity index (χ4v) is 1.95. The van der Waals surface area contributed by atoms with Gasteiger partial charge in [0.15, 0.2) is 6.04 Å². The van der Waals surface area contributed by atoms with Gasteiger partial charge in [0.2, 0.25) is 0 Å². The van der Waals surface area contributed by atoms with Crippen LogP contribution in [0.1, 0.15) is 19.8 Å². The summed E-state index contributed by atoms with van der Waals surface area (Å²) in [5.74, 6) is 0.321. The molecule has 0 aromatic heterocycles. The largest absolute Gasteiger partial charge is 0.338 e. The zero-order valence-electron chi connectivity index (χ0n) is 10.3. The minimum Gasteiger partial charge on any atom is -0.338 e. The number of amides is 1. The van der Waals surface area contributed by atoms with E-state index in [0.29, 0.717) is 5.91 Å². The summed E-state index contributed by atoms with van der Waals surface area (Å²) in [6, 6.07) is 0.0995. The van der Waals surface area contributed by atoms with Gasteiger partial charge in [-0.2, -0.15) is 0 Å². The Hall–Kier alpha value is -0.610. The standard InChI is InChI=1S/C11H23N3O/c1-10(12-6-9-13(2)3)11(15)14-7-4-5-8-14/h10,12H,4-9H2,1-3H3/p+2/t10-/m0/s1. The maximum absolute atomic E-state index is 11.9. The van der Waals surface area contributed by atoms with E-state index in [4.69, 9.17) is 0 Å². The number of likely N-dealkylation sites (N-methyl/N-ethyl adjacent to an activating group) is 1. The topological polar surface area (TPSA) is 41.4 Å². The lowest BCUT2D eigenvalue weighted by atomic mass is 10.3. The fourth-order valence-electron chi connectivity index (χ4n) is 1.95. The van der Waals surface area contributed by atoms with Crippen LogP contribution in [0.3, 0.4) is 0 Å². The third-order valence-corrected chi connectivity index (χ3v) is 2.97. The molecule has 0 spiro atoms. The average molecular weight is 215 g/mol. The van der Waals surface area contributed by atoms with E-state index >= 15 is 0 Å². The lowest BCUT2D eigenvalue weighted by molar-refractivity contribution is -0.875. The van der Waals surface area contributed by atoms with Crippen molar-refractivity contribution in [2.24, 2.45) is 0 Å². The molecule has 0 unspecified atom stereocenters. The van der Waals surface area contributed by atoms with E-state index in [1.165, 1.54) is 17.7 Å². The van der Waals surface area contributed by atoms with Crippen LogP contribution in [0, 0.1) is 0 Å². The lowest BCUT2D eigenvalue weighted by Gasteiger charge is -2.19. The van der Waals surface area contributed by atoms with Crippen LogP contribution in [0.15, 0.2) is 0 Å². The van der Waals surface area contributed by atoms with Gasteiger partial charge in [0.1, 0.15) is 13.1 Å². The highest BCUT2D eigenvalue weighted by Gasteiger charge is 2.25. The third kappa shape index (κ3) is 4.18. The molecule has 1 aliphatic heterocycles. The number of hydrogen-bond donors (Lipinski definition) is 2. The van der Waals surface area contributed by atoms with Crippen LogP contribution in [0.4, 0.5) is 0 Å². The van der Waals surface area contributed by atoms with Crippen LogP contribution < -0.4 is 10.2 Å². The van der Waals surface area contributed by atoms with Crippen LogP contribution in [0.25, 0.3) is 0 Å². The monoisotopic (exact) mass is 215 g/mol. The molecule has 3 N–H and O–H groups in total. The predicted molar refractivity (Wildman–Crippen MR) is 59.7 cm³/mol. The van der Waals surface area contributed by atoms with E-state index in [1.54, 1.807) is 0 Å². The number of nitrogens with two attached hydrogens (primary N) is 1.